The van der Waals surface area contributed by atoms with Crippen LogP contribution in [0.25, 0.3) is 0 Å². The molecule has 7 heteroatoms. The predicted molar refractivity (Wildman–Crippen MR) is 78.3 cm³/mol. The number of carbonyl (C=O) groups is 2. The van der Waals surface area contributed by atoms with Crippen LogP contribution in [-0.4, -0.2) is 54.4 Å². The Kier molecular flexibility index (Phi) is 7.43. The summed E-state index contributed by atoms with van der Waals surface area (Å²) < 4.78 is 4.87. The fourth-order valence-corrected chi connectivity index (χ4v) is 2.59. The number of carboxylic acids is 1. The highest BCUT2D eigenvalue weighted by atomic mass is 35.5. The highest BCUT2D eigenvalue weighted by molar-refractivity contribution is 8.00. The third kappa shape index (κ3) is 5.81. The molecule has 0 bridgehead atoms. The number of methoxy groups -OCH3 is 1. The van der Waals surface area contributed by atoms with Crippen LogP contribution in [0.4, 0.5) is 0 Å². The number of ether oxygens (including phenoxy) is 1. The van der Waals surface area contributed by atoms with E-state index in [1.165, 1.54) is 23.8 Å². The second-order valence-electron chi connectivity index (χ2n) is 3.92. The molecule has 0 atom stereocenters. The van der Waals surface area contributed by atoms with E-state index in [0.717, 1.165) is 4.90 Å². The number of benzene rings is 1. The Hall–Kier alpha value is -1.24. The van der Waals surface area contributed by atoms with Gasteiger partial charge in [0.15, 0.2) is 0 Å². The normalized spacial score (nSPS) is 10.3. The van der Waals surface area contributed by atoms with Crippen molar-refractivity contribution in [2.24, 2.45) is 0 Å². The smallest absolute Gasteiger partial charge is 0.323 e. The average Bonchev–Trinajstić information content (AvgIpc) is 2.41. The van der Waals surface area contributed by atoms with Crippen molar-refractivity contribution in [1.29, 1.82) is 0 Å². The van der Waals surface area contributed by atoms with Gasteiger partial charge in [0.05, 0.1) is 17.4 Å². The molecule has 0 fully saturated rings. The second kappa shape index (κ2) is 8.84. The summed E-state index contributed by atoms with van der Waals surface area (Å²) in [6, 6.07) is 7.20. The highest BCUT2D eigenvalue weighted by Crippen LogP contribution is 2.26. The number of carbonyl (C=O) groups excluding carboxylic acids is 1. The van der Waals surface area contributed by atoms with E-state index < -0.39 is 5.97 Å². The summed E-state index contributed by atoms with van der Waals surface area (Å²) in [5.41, 5.74) is 0. The van der Waals surface area contributed by atoms with E-state index in [4.69, 9.17) is 21.4 Å². The Bertz CT molecular complexity index is 469. The van der Waals surface area contributed by atoms with Crippen molar-refractivity contribution in [3.8, 4) is 0 Å². The molecule has 1 aromatic carbocycles. The molecule has 1 amide bonds. The minimum Gasteiger partial charge on any atom is -0.480 e. The van der Waals surface area contributed by atoms with Gasteiger partial charge in [-0.1, -0.05) is 23.7 Å². The molecule has 0 unspecified atom stereocenters. The van der Waals surface area contributed by atoms with E-state index in [0.29, 0.717) is 11.6 Å². The largest absolute Gasteiger partial charge is 0.480 e. The van der Waals surface area contributed by atoms with Crippen LogP contribution in [0.2, 0.25) is 5.02 Å². The molecule has 0 aliphatic rings. The summed E-state index contributed by atoms with van der Waals surface area (Å²) >= 11 is 7.28. The van der Waals surface area contributed by atoms with Crippen LogP contribution in [0, 0.1) is 0 Å². The topological polar surface area (TPSA) is 66.8 Å². The first-order valence-corrected chi connectivity index (χ1v) is 7.26. The molecule has 5 nitrogen and oxygen atoms in total. The second-order valence-corrected chi connectivity index (χ2v) is 5.35. The molecule has 0 heterocycles. The zero-order valence-corrected chi connectivity index (χ0v) is 12.6. The Labute approximate surface area is 126 Å². The lowest BCUT2D eigenvalue weighted by atomic mass is 10.4. The van der Waals surface area contributed by atoms with Gasteiger partial charge in [0.1, 0.15) is 6.54 Å². The van der Waals surface area contributed by atoms with Crippen molar-refractivity contribution < 1.29 is 19.4 Å². The summed E-state index contributed by atoms with van der Waals surface area (Å²) in [4.78, 5) is 24.8. The quantitative estimate of drug-likeness (QED) is 0.743. The molecule has 0 spiro atoms. The Morgan fingerprint density at radius 2 is 2.10 bits per heavy atom. The number of thioether (sulfide) groups is 1. The molecular weight excluding hydrogens is 302 g/mol. The van der Waals surface area contributed by atoms with Crippen molar-refractivity contribution in [3.63, 3.8) is 0 Å². The molecule has 0 radical (unpaired) electrons. The third-order valence-corrected chi connectivity index (χ3v) is 3.93. The van der Waals surface area contributed by atoms with E-state index in [-0.39, 0.29) is 24.7 Å². The maximum Gasteiger partial charge on any atom is 0.323 e. The Balaban J connectivity index is 2.57. The molecule has 20 heavy (non-hydrogen) atoms. The van der Waals surface area contributed by atoms with Crippen molar-refractivity contribution >= 4 is 35.2 Å². The van der Waals surface area contributed by atoms with Gasteiger partial charge in [-0.2, -0.15) is 0 Å². The van der Waals surface area contributed by atoms with Crippen LogP contribution in [0.5, 0.6) is 0 Å². The van der Waals surface area contributed by atoms with Gasteiger partial charge in [0.25, 0.3) is 0 Å². The Morgan fingerprint density at radius 1 is 1.40 bits per heavy atom. The van der Waals surface area contributed by atoms with E-state index in [1.807, 2.05) is 18.2 Å². The molecule has 0 aromatic heterocycles. The molecule has 0 aliphatic heterocycles. The fourth-order valence-electron chi connectivity index (χ4n) is 1.45. The SMILES string of the molecule is COCCN(CC(=O)O)C(=O)CSc1ccccc1Cl. The molecule has 0 aliphatic carbocycles. The zero-order chi connectivity index (χ0) is 15.0. The van der Waals surface area contributed by atoms with Crippen LogP contribution < -0.4 is 0 Å². The minimum atomic E-state index is -1.04. The van der Waals surface area contributed by atoms with Crippen LogP contribution in [0.15, 0.2) is 29.2 Å². The maximum atomic E-state index is 12.0. The number of halogens is 1. The van der Waals surface area contributed by atoms with Gasteiger partial charge < -0.3 is 14.7 Å². The van der Waals surface area contributed by atoms with Gasteiger partial charge in [-0.15, -0.1) is 11.8 Å². The molecule has 1 aromatic rings. The van der Waals surface area contributed by atoms with Crippen molar-refractivity contribution in [2.45, 2.75) is 4.90 Å². The van der Waals surface area contributed by atoms with E-state index in [2.05, 4.69) is 0 Å². The van der Waals surface area contributed by atoms with Crippen LogP contribution >= 0.6 is 23.4 Å². The van der Waals surface area contributed by atoms with Gasteiger partial charge in [0, 0.05) is 18.6 Å². The highest BCUT2D eigenvalue weighted by Gasteiger charge is 2.17. The summed E-state index contributed by atoms with van der Waals surface area (Å²) in [7, 11) is 1.50. The third-order valence-electron chi connectivity index (χ3n) is 2.43. The number of carboxylic acid groups (broad SMARTS) is 1. The number of aliphatic carboxylic acids is 1. The standard InChI is InChI=1S/C13H16ClNO4S/c1-19-7-6-15(8-13(17)18)12(16)9-20-11-5-3-2-4-10(11)14/h2-5H,6-9H2,1H3,(H,17,18). The van der Waals surface area contributed by atoms with Gasteiger partial charge in [-0.3, -0.25) is 9.59 Å². The molecule has 1 rings (SSSR count). The van der Waals surface area contributed by atoms with Crippen LogP contribution in [0.3, 0.4) is 0 Å². The maximum absolute atomic E-state index is 12.0. The van der Waals surface area contributed by atoms with Gasteiger partial charge >= 0.3 is 5.97 Å². The molecule has 0 saturated carbocycles. The van der Waals surface area contributed by atoms with Crippen LogP contribution in [-0.2, 0) is 14.3 Å². The first kappa shape index (κ1) is 16.8. The van der Waals surface area contributed by atoms with Gasteiger partial charge in [-0.05, 0) is 12.1 Å². The van der Waals surface area contributed by atoms with Crippen molar-refractivity contribution in [1.82, 2.24) is 4.90 Å². The lowest BCUT2D eigenvalue weighted by molar-refractivity contribution is -0.143. The molecule has 110 valence electrons. The number of hydrogen-bond acceptors (Lipinski definition) is 4. The summed E-state index contributed by atoms with van der Waals surface area (Å²) in [5, 5.41) is 9.37. The minimum absolute atomic E-state index is 0.140. The monoisotopic (exact) mass is 317 g/mol. The first-order chi connectivity index (χ1) is 9.54. The number of hydrogen-bond donors (Lipinski definition) is 1. The van der Waals surface area contributed by atoms with Gasteiger partial charge in [-0.25, -0.2) is 0 Å². The van der Waals surface area contributed by atoms with E-state index in [9.17, 15) is 9.59 Å². The predicted octanol–water partition coefficient (Wildman–Crippen LogP) is 1.99. The lowest BCUT2D eigenvalue weighted by Crippen LogP contribution is -2.39. The first-order valence-electron chi connectivity index (χ1n) is 5.90. The van der Waals surface area contributed by atoms with Crippen LogP contribution in [0.1, 0.15) is 0 Å². The summed E-state index contributed by atoms with van der Waals surface area (Å²) in [5.74, 6) is -1.16. The molecule has 1 N–H and O–H groups in total. The fraction of sp³-hybridized carbons (Fsp3) is 0.385. The van der Waals surface area contributed by atoms with Gasteiger partial charge in [0.2, 0.25) is 5.91 Å². The van der Waals surface area contributed by atoms with Crippen molar-refractivity contribution in [3.05, 3.63) is 29.3 Å². The number of nitrogens with zero attached hydrogens (tertiary/aromatic N) is 1. The number of rotatable bonds is 8. The van der Waals surface area contributed by atoms with E-state index in [1.54, 1.807) is 6.07 Å². The lowest BCUT2D eigenvalue weighted by Gasteiger charge is -2.20. The van der Waals surface area contributed by atoms with Crippen molar-refractivity contribution in [2.75, 3.05) is 32.6 Å². The molecule has 0 saturated heterocycles. The Morgan fingerprint density at radius 3 is 2.70 bits per heavy atom. The number of amides is 1. The summed E-state index contributed by atoms with van der Waals surface area (Å²) in [6.45, 7) is 0.228. The molecular formula is C13H16ClNO4S. The van der Waals surface area contributed by atoms with E-state index >= 15 is 0 Å². The average molecular weight is 318 g/mol. The zero-order valence-electron chi connectivity index (χ0n) is 11.0. The summed E-state index contributed by atoms with van der Waals surface area (Å²) in [6.07, 6.45) is 0.